The molecule has 0 bridgehead atoms. The highest BCUT2D eigenvalue weighted by molar-refractivity contribution is 7.99. The molecule has 4 heterocycles. The molecule has 2 aromatic heterocycles. The minimum Gasteiger partial charge on any atom is -0.356 e. The van der Waals surface area contributed by atoms with Crippen LogP contribution in [-0.2, 0) is 0 Å². The topological polar surface area (TPSA) is 67.2 Å². The number of nitrogens with zero attached hydrogens (tertiary/aromatic N) is 6. The van der Waals surface area contributed by atoms with Crippen LogP contribution in [0.25, 0.3) is 5.82 Å². The van der Waals surface area contributed by atoms with Crippen LogP contribution in [-0.4, -0.2) is 68.0 Å². The number of hydrogen-bond acceptors (Lipinski definition) is 6. The van der Waals surface area contributed by atoms with E-state index in [1.807, 2.05) is 22.7 Å². The highest BCUT2D eigenvalue weighted by atomic mass is 32.2. The van der Waals surface area contributed by atoms with Gasteiger partial charge in [-0.2, -0.15) is 11.8 Å². The van der Waals surface area contributed by atoms with Crippen molar-refractivity contribution in [2.24, 2.45) is 0 Å². The summed E-state index contributed by atoms with van der Waals surface area (Å²) in [6, 6.07) is 1.97. The van der Waals surface area contributed by atoms with Crippen molar-refractivity contribution in [3.05, 3.63) is 30.6 Å². The summed E-state index contributed by atoms with van der Waals surface area (Å²) in [6.45, 7) is 3.67. The minimum atomic E-state index is 0.00404. The Morgan fingerprint density at radius 1 is 0.960 bits per heavy atom. The summed E-state index contributed by atoms with van der Waals surface area (Å²) in [5.41, 5.74) is 0.477. The molecule has 4 rings (SSSR count). The molecular formula is C17H22N6OS. The maximum Gasteiger partial charge on any atom is 0.274 e. The molecule has 0 radical (unpaired) electrons. The van der Waals surface area contributed by atoms with Gasteiger partial charge in [-0.1, -0.05) is 0 Å². The molecule has 0 atom stereocenters. The molecule has 1 amide bonds. The fourth-order valence-electron chi connectivity index (χ4n) is 3.26. The first-order valence-corrected chi connectivity index (χ1v) is 9.95. The molecule has 7 nitrogen and oxygen atoms in total. The van der Waals surface area contributed by atoms with Gasteiger partial charge in [0, 0.05) is 49.9 Å². The molecule has 2 aliphatic rings. The Labute approximate surface area is 151 Å². The van der Waals surface area contributed by atoms with E-state index in [9.17, 15) is 4.79 Å². The van der Waals surface area contributed by atoms with Crippen LogP contribution in [0.15, 0.2) is 24.9 Å². The zero-order chi connectivity index (χ0) is 17.1. The molecule has 132 valence electrons. The number of carbonyl (C=O) groups excluding carboxylic acids is 1. The molecule has 0 aromatic carbocycles. The van der Waals surface area contributed by atoms with Gasteiger partial charge in [0.15, 0.2) is 0 Å². The molecule has 0 saturated carbocycles. The standard InChI is InChI=1S/C17H22N6OS/c24-17(22-6-8-25-9-7-22)14-11-23(13-20-14)16-10-15(18-12-19-16)21-4-2-1-3-5-21/h10-13H,1-9H2. The van der Waals surface area contributed by atoms with Crippen molar-refractivity contribution in [1.82, 2.24) is 24.4 Å². The van der Waals surface area contributed by atoms with E-state index >= 15 is 0 Å². The average molecular weight is 358 g/mol. The van der Waals surface area contributed by atoms with E-state index in [0.29, 0.717) is 5.69 Å². The van der Waals surface area contributed by atoms with Crippen molar-refractivity contribution in [3.63, 3.8) is 0 Å². The lowest BCUT2D eigenvalue weighted by atomic mass is 10.1. The van der Waals surface area contributed by atoms with Crippen molar-refractivity contribution in [2.45, 2.75) is 19.3 Å². The SMILES string of the molecule is O=C(c1cn(-c2cc(N3CCCCC3)ncn2)cn1)N1CCSCC1. The number of aromatic nitrogens is 4. The van der Waals surface area contributed by atoms with Crippen molar-refractivity contribution in [1.29, 1.82) is 0 Å². The van der Waals surface area contributed by atoms with Crippen LogP contribution in [0.1, 0.15) is 29.8 Å². The Bertz CT molecular complexity index is 736. The minimum absolute atomic E-state index is 0.00404. The van der Waals surface area contributed by atoms with E-state index in [1.54, 1.807) is 23.4 Å². The number of carbonyl (C=O) groups is 1. The number of amides is 1. The van der Waals surface area contributed by atoms with Gasteiger partial charge in [0.1, 0.15) is 30.0 Å². The van der Waals surface area contributed by atoms with E-state index in [1.165, 1.54) is 19.3 Å². The monoisotopic (exact) mass is 358 g/mol. The third kappa shape index (κ3) is 3.63. The molecule has 2 saturated heterocycles. The van der Waals surface area contributed by atoms with Crippen molar-refractivity contribution >= 4 is 23.5 Å². The Kier molecular flexibility index (Phi) is 4.87. The van der Waals surface area contributed by atoms with Crippen LogP contribution in [0, 0.1) is 0 Å². The van der Waals surface area contributed by atoms with Gasteiger partial charge in [0.25, 0.3) is 5.91 Å². The van der Waals surface area contributed by atoms with Crippen LogP contribution in [0.5, 0.6) is 0 Å². The van der Waals surface area contributed by atoms with Crippen molar-refractivity contribution in [2.75, 3.05) is 42.6 Å². The van der Waals surface area contributed by atoms with E-state index in [2.05, 4.69) is 19.9 Å². The lowest BCUT2D eigenvalue weighted by Gasteiger charge is -2.27. The first-order valence-electron chi connectivity index (χ1n) is 8.80. The molecule has 0 N–H and O–H groups in total. The van der Waals surface area contributed by atoms with Gasteiger partial charge in [-0.25, -0.2) is 15.0 Å². The van der Waals surface area contributed by atoms with Crippen molar-refractivity contribution < 1.29 is 4.79 Å². The van der Waals surface area contributed by atoms with Gasteiger partial charge in [-0.3, -0.25) is 9.36 Å². The number of imidazole rings is 1. The fourth-order valence-corrected chi connectivity index (χ4v) is 4.16. The van der Waals surface area contributed by atoms with E-state index < -0.39 is 0 Å². The highest BCUT2D eigenvalue weighted by Gasteiger charge is 2.21. The van der Waals surface area contributed by atoms with Gasteiger partial charge in [-0.05, 0) is 19.3 Å². The Hall–Kier alpha value is -2.09. The molecule has 2 fully saturated rings. The zero-order valence-electron chi connectivity index (χ0n) is 14.2. The van der Waals surface area contributed by atoms with Crippen LogP contribution < -0.4 is 4.90 Å². The van der Waals surface area contributed by atoms with Gasteiger partial charge in [0.05, 0.1) is 0 Å². The third-order valence-electron chi connectivity index (χ3n) is 4.68. The summed E-state index contributed by atoms with van der Waals surface area (Å²) in [7, 11) is 0. The fraction of sp³-hybridized carbons (Fsp3) is 0.529. The zero-order valence-corrected chi connectivity index (χ0v) is 15.0. The largest absolute Gasteiger partial charge is 0.356 e. The molecule has 0 unspecified atom stereocenters. The van der Waals surface area contributed by atoms with E-state index in [0.717, 1.165) is 49.3 Å². The van der Waals surface area contributed by atoms with Crippen molar-refractivity contribution in [3.8, 4) is 5.82 Å². The summed E-state index contributed by atoms with van der Waals surface area (Å²) in [6.07, 6.45) is 8.72. The smallest absolute Gasteiger partial charge is 0.274 e. The van der Waals surface area contributed by atoms with Gasteiger partial charge < -0.3 is 9.80 Å². The highest BCUT2D eigenvalue weighted by Crippen LogP contribution is 2.19. The second kappa shape index (κ2) is 7.43. The molecule has 0 spiro atoms. The number of rotatable bonds is 3. The van der Waals surface area contributed by atoms with Gasteiger partial charge in [-0.15, -0.1) is 0 Å². The normalized spacial score (nSPS) is 18.4. The summed E-state index contributed by atoms with van der Waals surface area (Å²) >= 11 is 1.89. The first kappa shape index (κ1) is 16.4. The van der Waals surface area contributed by atoms with Crippen LogP contribution in [0.2, 0.25) is 0 Å². The molecule has 25 heavy (non-hydrogen) atoms. The Morgan fingerprint density at radius 3 is 2.52 bits per heavy atom. The van der Waals surface area contributed by atoms with Crippen LogP contribution in [0.3, 0.4) is 0 Å². The predicted molar refractivity (Wildman–Crippen MR) is 98.4 cm³/mol. The summed E-state index contributed by atoms with van der Waals surface area (Å²) < 4.78 is 1.81. The second-order valence-corrected chi connectivity index (χ2v) is 7.58. The first-order chi connectivity index (χ1) is 12.3. The van der Waals surface area contributed by atoms with E-state index in [-0.39, 0.29) is 5.91 Å². The Balaban J connectivity index is 1.52. The average Bonchev–Trinajstić information content (AvgIpc) is 3.19. The maximum absolute atomic E-state index is 12.6. The van der Waals surface area contributed by atoms with Gasteiger partial charge in [0.2, 0.25) is 0 Å². The predicted octanol–water partition coefficient (Wildman–Crippen LogP) is 1.84. The number of hydrogen-bond donors (Lipinski definition) is 0. The van der Waals surface area contributed by atoms with Crippen LogP contribution in [0.4, 0.5) is 5.82 Å². The molecule has 0 aliphatic carbocycles. The van der Waals surface area contributed by atoms with Crippen LogP contribution >= 0.6 is 11.8 Å². The summed E-state index contributed by atoms with van der Waals surface area (Å²) in [5, 5.41) is 0. The number of thioether (sulfide) groups is 1. The molecule has 2 aliphatic heterocycles. The number of piperidine rings is 1. The molecule has 8 heteroatoms. The van der Waals surface area contributed by atoms with E-state index in [4.69, 9.17) is 0 Å². The maximum atomic E-state index is 12.6. The quantitative estimate of drug-likeness (QED) is 0.834. The summed E-state index contributed by atoms with van der Waals surface area (Å²) in [4.78, 5) is 29.8. The molecular weight excluding hydrogens is 336 g/mol. The lowest BCUT2D eigenvalue weighted by molar-refractivity contribution is 0.0767. The van der Waals surface area contributed by atoms with Gasteiger partial charge >= 0.3 is 0 Å². The number of anilines is 1. The second-order valence-electron chi connectivity index (χ2n) is 6.35. The lowest BCUT2D eigenvalue weighted by Crippen LogP contribution is -2.38. The summed E-state index contributed by atoms with van der Waals surface area (Å²) in [5.74, 6) is 3.69. The molecule has 2 aromatic rings. The Morgan fingerprint density at radius 2 is 1.72 bits per heavy atom. The third-order valence-corrected chi connectivity index (χ3v) is 5.63.